The fraction of sp³-hybridized carbons (Fsp3) is 0.381. The maximum Gasteiger partial charge on any atom is 0.106 e. The molecule has 1 fully saturated rings. The van der Waals surface area contributed by atoms with Crippen molar-refractivity contribution in [1.82, 2.24) is 5.32 Å². The van der Waals surface area contributed by atoms with Crippen molar-refractivity contribution in [3.8, 4) is 0 Å². The quantitative estimate of drug-likeness (QED) is 0.888. The molecule has 2 atom stereocenters. The third kappa shape index (κ3) is 3.60. The van der Waals surface area contributed by atoms with Gasteiger partial charge in [0.2, 0.25) is 0 Å². The van der Waals surface area contributed by atoms with E-state index in [1.54, 1.807) is 0 Å². The van der Waals surface area contributed by atoms with Crippen molar-refractivity contribution in [2.75, 3.05) is 13.1 Å². The Balaban J connectivity index is 1.62. The lowest BCUT2D eigenvalue weighted by atomic mass is 9.82. The number of aliphatic imine (C=N–C) groups is 1. The van der Waals surface area contributed by atoms with Gasteiger partial charge in [-0.3, -0.25) is 4.99 Å². The summed E-state index contributed by atoms with van der Waals surface area (Å²) in [5.74, 6) is 1.50. The van der Waals surface area contributed by atoms with Crippen LogP contribution in [0.2, 0.25) is 0 Å². The summed E-state index contributed by atoms with van der Waals surface area (Å²) in [6.45, 7) is 2.11. The summed E-state index contributed by atoms with van der Waals surface area (Å²) in [7, 11) is 0. The lowest BCUT2D eigenvalue weighted by Crippen LogP contribution is -2.34. The Bertz CT molecular complexity index is 725. The summed E-state index contributed by atoms with van der Waals surface area (Å²) >= 11 is 0. The molecule has 130 valence electrons. The molecule has 0 radical (unpaired) electrons. The first-order chi connectivity index (χ1) is 12.3. The van der Waals surface area contributed by atoms with Crippen LogP contribution < -0.4 is 5.32 Å². The molecule has 3 aliphatic rings. The van der Waals surface area contributed by atoms with Crippen molar-refractivity contribution in [3.63, 3.8) is 0 Å². The minimum Gasteiger partial charge on any atom is -0.494 e. The summed E-state index contributed by atoms with van der Waals surface area (Å²) in [5.41, 5.74) is 3.26. The van der Waals surface area contributed by atoms with E-state index in [0.717, 1.165) is 42.8 Å². The summed E-state index contributed by atoms with van der Waals surface area (Å²) in [4.78, 5) is 4.33. The molecule has 0 saturated carbocycles. The number of hydrogen-bond acceptors (Lipinski definition) is 4. The molecule has 2 aliphatic heterocycles. The standard InChI is InChI=1S/C21H24N2O2/c24-14-15-1-3-16(4-2-15)18-11-17-5-8-23-13-20(17)21(12-18)25-19-6-9-22-10-7-19/h1-5,8,11-13,17,19-20,22,24H,6-7,9-10,14H2. The van der Waals surface area contributed by atoms with Crippen molar-refractivity contribution < 1.29 is 9.84 Å². The zero-order chi connectivity index (χ0) is 17.1. The number of allylic oxidation sites excluding steroid dienone is 5. The molecular weight excluding hydrogens is 312 g/mol. The number of hydrogen-bond donors (Lipinski definition) is 2. The second-order valence-corrected chi connectivity index (χ2v) is 6.83. The normalized spacial score (nSPS) is 26.0. The minimum atomic E-state index is 0.0726. The lowest BCUT2D eigenvalue weighted by molar-refractivity contribution is 0.0735. The first kappa shape index (κ1) is 16.3. The van der Waals surface area contributed by atoms with Crippen LogP contribution in [0, 0.1) is 11.8 Å². The van der Waals surface area contributed by atoms with Crippen LogP contribution >= 0.6 is 0 Å². The van der Waals surface area contributed by atoms with Crippen LogP contribution in [0.15, 0.2) is 59.4 Å². The number of benzene rings is 1. The summed E-state index contributed by atoms with van der Waals surface area (Å²) < 4.78 is 6.41. The van der Waals surface area contributed by atoms with E-state index in [1.807, 2.05) is 24.5 Å². The fourth-order valence-electron chi connectivity index (χ4n) is 3.64. The second kappa shape index (κ2) is 7.38. The number of nitrogens with zero attached hydrogens (tertiary/aromatic N) is 1. The van der Waals surface area contributed by atoms with Crippen LogP contribution in [-0.4, -0.2) is 30.5 Å². The SMILES string of the molecule is OCc1ccc(C2=CC3C=CN=CC3C(OC3CCNCC3)=C2)cc1. The molecule has 0 bridgehead atoms. The van der Waals surface area contributed by atoms with Gasteiger partial charge in [-0.15, -0.1) is 0 Å². The molecule has 2 heterocycles. The molecule has 0 spiro atoms. The fourth-order valence-corrected chi connectivity index (χ4v) is 3.64. The molecule has 0 amide bonds. The van der Waals surface area contributed by atoms with Crippen LogP contribution in [0.4, 0.5) is 0 Å². The molecule has 4 nitrogen and oxygen atoms in total. The second-order valence-electron chi connectivity index (χ2n) is 6.83. The van der Waals surface area contributed by atoms with E-state index in [4.69, 9.17) is 4.74 Å². The highest BCUT2D eigenvalue weighted by atomic mass is 16.5. The third-order valence-electron chi connectivity index (χ3n) is 5.11. The molecule has 1 saturated heterocycles. The Labute approximate surface area is 148 Å². The average molecular weight is 336 g/mol. The highest BCUT2D eigenvalue weighted by Gasteiger charge is 2.29. The van der Waals surface area contributed by atoms with Gasteiger partial charge in [0.05, 0.1) is 12.5 Å². The van der Waals surface area contributed by atoms with Gasteiger partial charge in [0.25, 0.3) is 0 Å². The molecule has 4 rings (SSSR count). The Morgan fingerprint density at radius 1 is 1.16 bits per heavy atom. The molecule has 1 aromatic rings. The number of fused-ring (bicyclic) bond motifs is 1. The van der Waals surface area contributed by atoms with E-state index in [1.165, 1.54) is 5.57 Å². The third-order valence-corrected chi connectivity index (χ3v) is 5.11. The van der Waals surface area contributed by atoms with Gasteiger partial charge in [0, 0.05) is 18.3 Å². The van der Waals surface area contributed by atoms with Crippen LogP contribution in [0.1, 0.15) is 24.0 Å². The van der Waals surface area contributed by atoms with Gasteiger partial charge in [-0.25, -0.2) is 0 Å². The predicted octanol–water partition coefficient (Wildman–Crippen LogP) is 3.06. The van der Waals surface area contributed by atoms with E-state index in [-0.39, 0.29) is 24.5 Å². The first-order valence-electron chi connectivity index (χ1n) is 9.04. The van der Waals surface area contributed by atoms with Crippen molar-refractivity contribution in [1.29, 1.82) is 0 Å². The number of nitrogens with one attached hydrogen (secondary N) is 1. The minimum absolute atomic E-state index is 0.0726. The number of piperidine rings is 1. The van der Waals surface area contributed by atoms with Crippen molar-refractivity contribution in [2.45, 2.75) is 25.6 Å². The molecule has 0 aromatic heterocycles. The smallest absolute Gasteiger partial charge is 0.106 e. The van der Waals surface area contributed by atoms with Gasteiger partial charge in [-0.1, -0.05) is 36.4 Å². The average Bonchev–Trinajstić information content (AvgIpc) is 2.69. The molecule has 1 aromatic carbocycles. The van der Waals surface area contributed by atoms with Gasteiger partial charge in [0.1, 0.15) is 11.9 Å². The van der Waals surface area contributed by atoms with Crippen LogP contribution in [0.5, 0.6) is 0 Å². The Kier molecular flexibility index (Phi) is 4.81. The number of ether oxygens (including phenoxy) is 1. The van der Waals surface area contributed by atoms with Gasteiger partial charge in [-0.05, 0) is 48.7 Å². The van der Waals surface area contributed by atoms with Crippen LogP contribution in [0.25, 0.3) is 5.57 Å². The van der Waals surface area contributed by atoms with Gasteiger partial charge >= 0.3 is 0 Å². The summed E-state index contributed by atoms with van der Waals surface area (Å²) in [6.07, 6.45) is 12.8. The molecule has 25 heavy (non-hydrogen) atoms. The number of aliphatic hydroxyl groups is 1. The topological polar surface area (TPSA) is 53.9 Å². The van der Waals surface area contributed by atoms with Gasteiger partial charge in [0.15, 0.2) is 0 Å². The number of aliphatic hydroxyl groups excluding tert-OH is 1. The van der Waals surface area contributed by atoms with Crippen molar-refractivity contribution >= 4 is 11.8 Å². The predicted molar refractivity (Wildman–Crippen MR) is 100 cm³/mol. The molecular formula is C21H24N2O2. The molecule has 2 unspecified atom stereocenters. The highest BCUT2D eigenvalue weighted by Crippen LogP contribution is 2.36. The largest absolute Gasteiger partial charge is 0.494 e. The summed E-state index contributed by atoms with van der Waals surface area (Å²) in [5, 5.41) is 12.6. The van der Waals surface area contributed by atoms with Gasteiger partial charge < -0.3 is 15.2 Å². The van der Waals surface area contributed by atoms with Crippen LogP contribution in [-0.2, 0) is 11.3 Å². The molecule has 1 aliphatic carbocycles. The molecule has 4 heteroatoms. The Morgan fingerprint density at radius 3 is 2.72 bits per heavy atom. The molecule has 2 N–H and O–H groups in total. The summed E-state index contributed by atoms with van der Waals surface area (Å²) in [6, 6.07) is 8.08. The van der Waals surface area contributed by atoms with Crippen molar-refractivity contribution in [3.05, 3.63) is 65.6 Å². The van der Waals surface area contributed by atoms with E-state index in [9.17, 15) is 5.11 Å². The van der Waals surface area contributed by atoms with Crippen molar-refractivity contribution in [2.24, 2.45) is 16.8 Å². The van der Waals surface area contributed by atoms with E-state index >= 15 is 0 Å². The number of rotatable bonds is 4. The Morgan fingerprint density at radius 2 is 1.96 bits per heavy atom. The lowest BCUT2D eigenvalue weighted by Gasteiger charge is -2.32. The monoisotopic (exact) mass is 336 g/mol. The van der Waals surface area contributed by atoms with Gasteiger partial charge in [-0.2, -0.15) is 0 Å². The highest BCUT2D eigenvalue weighted by molar-refractivity contribution is 5.80. The zero-order valence-corrected chi connectivity index (χ0v) is 14.3. The zero-order valence-electron chi connectivity index (χ0n) is 14.3. The maximum atomic E-state index is 9.24. The van der Waals surface area contributed by atoms with E-state index in [0.29, 0.717) is 0 Å². The maximum absolute atomic E-state index is 9.24. The van der Waals surface area contributed by atoms with E-state index in [2.05, 4.69) is 40.7 Å². The Hall–Kier alpha value is -2.17. The first-order valence-corrected chi connectivity index (χ1v) is 9.04. The van der Waals surface area contributed by atoms with E-state index < -0.39 is 0 Å². The van der Waals surface area contributed by atoms with Crippen LogP contribution in [0.3, 0.4) is 0 Å².